The van der Waals surface area contributed by atoms with Gasteiger partial charge in [-0.2, -0.15) is 0 Å². The van der Waals surface area contributed by atoms with Crippen LogP contribution in [0.4, 0.5) is 5.69 Å². The number of aryl methyl sites for hydroxylation is 1. The molecule has 0 aliphatic heterocycles. The molecule has 1 atom stereocenters. The molecule has 1 aromatic rings. The Balaban J connectivity index is 2.44. The van der Waals surface area contributed by atoms with E-state index in [1.54, 1.807) is 7.05 Å². The van der Waals surface area contributed by atoms with E-state index in [9.17, 15) is 13.2 Å². The van der Waals surface area contributed by atoms with E-state index < -0.39 is 9.84 Å². The highest BCUT2D eigenvalue weighted by Crippen LogP contribution is 2.10. The number of nitrogens with one attached hydrogen (secondary N) is 3. The lowest BCUT2D eigenvalue weighted by Gasteiger charge is -2.17. The summed E-state index contributed by atoms with van der Waals surface area (Å²) in [6, 6.07) is 7.63. The van der Waals surface area contributed by atoms with Crippen molar-refractivity contribution >= 4 is 27.4 Å². The first kappa shape index (κ1) is 21.0. The standard InChI is InChI=1S/C17H28N4O3S/c1-5-14-7-6-8-15(11-14)21-16(22)12-19-17(18-3)20-13(2)9-10-25(4,23)24/h6-8,11,13H,5,9-10,12H2,1-4H3,(H,21,22)(H2,18,19,20). The van der Waals surface area contributed by atoms with Crippen LogP contribution in [0.5, 0.6) is 0 Å². The molecule has 1 rings (SSSR count). The van der Waals surface area contributed by atoms with Gasteiger partial charge in [-0.05, 0) is 37.5 Å². The number of anilines is 1. The number of carbonyl (C=O) groups is 1. The van der Waals surface area contributed by atoms with Gasteiger partial charge in [-0.1, -0.05) is 19.1 Å². The van der Waals surface area contributed by atoms with Gasteiger partial charge < -0.3 is 16.0 Å². The summed E-state index contributed by atoms with van der Waals surface area (Å²) in [5.41, 5.74) is 1.92. The average Bonchev–Trinajstić information content (AvgIpc) is 2.56. The minimum Gasteiger partial charge on any atom is -0.354 e. The number of sulfone groups is 1. The molecule has 0 fully saturated rings. The minimum absolute atomic E-state index is 0.0643. The summed E-state index contributed by atoms with van der Waals surface area (Å²) >= 11 is 0. The molecule has 0 spiro atoms. The molecule has 0 aliphatic carbocycles. The fourth-order valence-electron chi connectivity index (χ4n) is 2.13. The van der Waals surface area contributed by atoms with Crippen LogP contribution in [0.2, 0.25) is 0 Å². The van der Waals surface area contributed by atoms with Crippen LogP contribution < -0.4 is 16.0 Å². The quantitative estimate of drug-likeness (QED) is 0.473. The zero-order valence-corrected chi connectivity index (χ0v) is 16.1. The highest BCUT2D eigenvalue weighted by molar-refractivity contribution is 7.90. The summed E-state index contributed by atoms with van der Waals surface area (Å²) < 4.78 is 22.4. The summed E-state index contributed by atoms with van der Waals surface area (Å²) in [6.45, 7) is 3.99. The Morgan fingerprint density at radius 1 is 1.32 bits per heavy atom. The topological polar surface area (TPSA) is 99.7 Å². The SMILES string of the molecule is CCc1cccc(NC(=O)CNC(=NC)NC(C)CCS(C)(=O)=O)c1. The van der Waals surface area contributed by atoms with E-state index in [2.05, 4.69) is 27.9 Å². The first-order valence-corrected chi connectivity index (χ1v) is 10.3. The van der Waals surface area contributed by atoms with Gasteiger partial charge in [0.25, 0.3) is 0 Å². The van der Waals surface area contributed by atoms with Crippen LogP contribution in [0, 0.1) is 0 Å². The lowest BCUT2D eigenvalue weighted by molar-refractivity contribution is -0.115. The normalized spacial score (nSPS) is 13.2. The van der Waals surface area contributed by atoms with Crippen molar-refractivity contribution in [2.24, 2.45) is 4.99 Å². The van der Waals surface area contributed by atoms with E-state index in [0.29, 0.717) is 12.4 Å². The van der Waals surface area contributed by atoms with Crippen LogP contribution in [-0.4, -0.2) is 51.9 Å². The third-order valence-electron chi connectivity index (χ3n) is 3.56. The van der Waals surface area contributed by atoms with Crippen molar-refractivity contribution in [3.63, 3.8) is 0 Å². The van der Waals surface area contributed by atoms with Gasteiger partial charge in [-0.3, -0.25) is 9.79 Å². The molecule has 1 unspecified atom stereocenters. The van der Waals surface area contributed by atoms with E-state index in [4.69, 9.17) is 0 Å². The highest BCUT2D eigenvalue weighted by atomic mass is 32.2. The molecule has 0 aliphatic rings. The number of hydrogen-bond acceptors (Lipinski definition) is 4. The van der Waals surface area contributed by atoms with E-state index in [0.717, 1.165) is 17.7 Å². The lowest BCUT2D eigenvalue weighted by Crippen LogP contribution is -2.45. The number of aliphatic imine (C=N–C) groups is 1. The molecule has 0 heterocycles. The van der Waals surface area contributed by atoms with Crippen molar-refractivity contribution in [3.8, 4) is 0 Å². The molecule has 1 amide bonds. The van der Waals surface area contributed by atoms with Crippen molar-refractivity contribution in [2.45, 2.75) is 32.7 Å². The van der Waals surface area contributed by atoms with Crippen molar-refractivity contribution in [2.75, 3.05) is 30.9 Å². The molecule has 1 aromatic carbocycles. The summed E-state index contributed by atoms with van der Waals surface area (Å²) in [5.74, 6) is 0.380. The smallest absolute Gasteiger partial charge is 0.243 e. The molecule has 0 aromatic heterocycles. The number of benzene rings is 1. The summed E-state index contributed by atoms with van der Waals surface area (Å²) in [5, 5.41) is 8.83. The van der Waals surface area contributed by atoms with Crippen LogP contribution in [0.1, 0.15) is 25.8 Å². The number of guanidine groups is 1. The van der Waals surface area contributed by atoms with Crippen LogP contribution in [0.15, 0.2) is 29.3 Å². The van der Waals surface area contributed by atoms with Gasteiger partial charge in [0, 0.05) is 25.0 Å². The second kappa shape index (κ2) is 10.0. The molecule has 3 N–H and O–H groups in total. The zero-order chi connectivity index (χ0) is 18.9. The second-order valence-electron chi connectivity index (χ2n) is 5.99. The molecule has 140 valence electrons. The van der Waals surface area contributed by atoms with Crippen LogP contribution in [-0.2, 0) is 21.1 Å². The van der Waals surface area contributed by atoms with Gasteiger partial charge in [-0.25, -0.2) is 8.42 Å². The first-order chi connectivity index (χ1) is 11.7. The van der Waals surface area contributed by atoms with Crippen molar-refractivity contribution in [1.29, 1.82) is 0 Å². The number of nitrogens with zero attached hydrogens (tertiary/aromatic N) is 1. The summed E-state index contributed by atoms with van der Waals surface area (Å²) in [6.07, 6.45) is 2.59. The van der Waals surface area contributed by atoms with Gasteiger partial charge in [0.1, 0.15) is 9.84 Å². The molecule has 0 saturated carbocycles. The Morgan fingerprint density at radius 3 is 2.64 bits per heavy atom. The van der Waals surface area contributed by atoms with Gasteiger partial charge in [0.2, 0.25) is 5.91 Å². The van der Waals surface area contributed by atoms with E-state index in [1.165, 1.54) is 6.26 Å². The molecular formula is C17H28N4O3S. The molecule has 7 nitrogen and oxygen atoms in total. The number of carbonyl (C=O) groups excluding carboxylic acids is 1. The fraction of sp³-hybridized carbons (Fsp3) is 0.529. The predicted molar refractivity (Wildman–Crippen MR) is 103 cm³/mol. The predicted octanol–water partition coefficient (Wildman–Crippen LogP) is 1.18. The van der Waals surface area contributed by atoms with Crippen molar-refractivity contribution in [3.05, 3.63) is 29.8 Å². The second-order valence-corrected chi connectivity index (χ2v) is 8.25. The van der Waals surface area contributed by atoms with Crippen molar-refractivity contribution in [1.82, 2.24) is 10.6 Å². The maximum absolute atomic E-state index is 12.0. The van der Waals surface area contributed by atoms with E-state index >= 15 is 0 Å². The average molecular weight is 369 g/mol. The Bertz CT molecular complexity index is 702. The third-order valence-corrected chi connectivity index (χ3v) is 4.54. The Morgan fingerprint density at radius 2 is 2.04 bits per heavy atom. The Hall–Kier alpha value is -2.09. The van der Waals surface area contributed by atoms with Crippen LogP contribution >= 0.6 is 0 Å². The molecule has 0 saturated heterocycles. The van der Waals surface area contributed by atoms with Gasteiger partial charge in [0.15, 0.2) is 5.96 Å². The van der Waals surface area contributed by atoms with Crippen molar-refractivity contribution < 1.29 is 13.2 Å². The number of rotatable bonds is 8. The van der Waals surface area contributed by atoms with E-state index in [1.807, 2.05) is 31.2 Å². The van der Waals surface area contributed by atoms with E-state index in [-0.39, 0.29) is 24.2 Å². The van der Waals surface area contributed by atoms with Gasteiger partial charge in [-0.15, -0.1) is 0 Å². The maximum atomic E-state index is 12.0. The summed E-state index contributed by atoms with van der Waals surface area (Å²) in [7, 11) is -1.39. The molecule has 25 heavy (non-hydrogen) atoms. The van der Waals surface area contributed by atoms with Crippen LogP contribution in [0.25, 0.3) is 0 Å². The Labute approximate surface area is 150 Å². The molecule has 0 radical (unpaired) electrons. The first-order valence-electron chi connectivity index (χ1n) is 8.27. The Kier molecular flexibility index (Phi) is 8.40. The van der Waals surface area contributed by atoms with Gasteiger partial charge >= 0.3 is 0 Å². The third kappa shape index (κ3) is 9.09. The highest BCUT2D eigenvalue weighted by Gasteiger charge is 2.10. The summed E-state index contributed by atoms with van der Waals surface area (Å²) in [4.78, 5) is 16.1. The number of hydrogen-bond donors (Lipinski definition) is 3. The molecular weight excluding hydrogens is 340 g/mol. The van der Waals surface area contributed by atoms with Gasteiger partial charge in [0.05, 0.1) is 12.3 Å². The number of amides is 1. The fourth-order valence-corrected chi connectivity index (χ4v) is 2.91. The van der Waals surface area contributed by atoms with Crippen LogP contribution in [0.3, 0.4) is 0 Å². The largest absolute Gasteiger partial charge is 0.354 e. The molecule has 8 heteroatoms. The molecule has 0 bridgehead atoms. The monoisotopic (exact) mass is 368 g/mol. The maximum Gasteiger partial charge on any atom is 0.243 e. The minimum atomic E-state index is -2.99. The lowest BCUT2D eigenvalue weighted by atomic mass is 10.1. The zero-order valence-electron chi connectivity index (χ0n) is 15.3.